The number of hydrogen-bond donors (Lipinski definition) is 7. The summed E-state index contributed by atoms with van der Waals surface area (Å²) in [5.41, 5.74) is -1.02. The normalized spacial score (nSPS) is 20.6. The monoisotopic (exact) mass is 831 g/mol. The second-order valence-electron chi connectivity index (χ2n) is 16.5. The van der Waals surface area contributed by atoms with Gasteiger partial charge in [0.25, 0.3) is 0 Å². The molecule has 0 spiro atoms. The van der Waals surface area contributed by atoms with Gasteiger partial charge in [0.15, 0.2) is 0 Å². The van der Waals surface area contributed by atoms with Gasteiger partial charge in [-0.05, 0) is 26.2 Å². The average molecular weight is 831 g/mol. The molecule has 0 aromatic carbocycles. The molecule has 334 valence electrons. The van der Waals surface area contributed by atoms with Gasteiger partial charge in [0.2, 0.25) is 11.8 Å². The Kier molecular flexibility index (Phi) is 31.5. The molecule has 0 unspecified atom stereocenters. The Bertz CT molecular complexity index is 1040. The van der Waals surface area contributed by atoms with Crippen molar-refractivity contribution in [1.29, 1.82) is 0 Å². The predicted molar refractivity (Wildman–Crippen MR) is 228 cm³/mol. The molecule has 1 fully saturated rings. The molecule has 1 saturated heterocycles. The summed E-state index contributed by atoms with van der Waals surface area (Å²) < 4.78 is 5.70. The van der Waals surface area contributed by atoms with E-state index in [2.05, 4.69) is 24.5 Å². The van der Waals surface area contributed by atoms with Crippen molar-refractivity contribution in [2.24, 2.45) is 5.92 Å². The standard InChI is InChI=1S/C44H82N2O10S/c1-4-6-8-10-12-14-16-18-20-22-24-26-28-34(29-27-25-23-21-19-17-15-13-11-9-7-5-2)41(52)46-36(42(53)45-35(43(54)55)30-31-37(47)48)32-57-44-40(51)39(50)38(49)33(3)56-44/h33-36,38-40,44,49-51H,4-32H2,1-3H3,(H,45,53)(H,46,52)(H,47,48)(H,54,55)/t33-,35+,36-,38+,39+,40-,44-/m0/s1. The molecule has 12 nitrogen and oxygen atoms in total. The molecule has 7 atom stereocenters. The van der Waals surface area contributed by atoms with Crippen LogP contribution in [0.4, 0.5) is 0 Å². The smallest absolute Gasteiger partial charge is 0.326 e. The summed E-state index contributed by atoms with van der Waals surface area (Å²) in [7, 11) is 0. The van der Waals surface area contributed by atoms with Crippen LogP contribution in [0.15, 0.2) is 0 Å². The van der Waals surface area contributed by atoms with Crippen molar-refractivity contribution in [2.75, 3.05) is 5.75 Å². The number of nitrogens with one attached hydrogen (secondary N) is 2. The molecule has 1 rings (SSSR count). The number of aliphatic carboxylic acids is 2. The van der Waals surface area contributed by atoms with E-state index in [1.807, 2.05) is 0 Å². The highest BCUT2D eigenvalue weighted by molar-refractivity contribution is 7.99. The zero-order valence-electron chi connectivity index (χ0n) is 35.8. The lowest BCUT2D eigenvalue weighted by molar-refractivity contribution is -0.192. The molecule has 0 aromatic rings. The van der Waals surface area contributed by atoms with Crippen molar-refractivity contribution < 1.29 is 49.4 Å². The van der Waals surface area contributed by atoms with Gasteiger partial charge in [0.05, 0.1) is 6.10 Å². The number of ether oxygens (including phenoxy) is 1. The lowest BCUT2D eigenvalue weighted by Crippen LogP contribution is -2.57. The number of aliphatic hydroxyl groups is 3. The second-order valence-corrected chi connectivity index (χ2v) is 17.6. The molecule has 2 amide bonds. The zero-order chi connectivity index (χ0) is 42.3. The lowest BCUT2D eigenvalue weighted by Gasteiger charge is -2.39. The Labute approximate surface area is 348 Å². The van der Waals surface area contributed by atoms with Crippen molar-refractivity contribution in [3.05, 3.63) is 0 Å². The summed E-state index contributed by atoms with van der Waals surface area (Å²) in [5.74, 6) is -4.14. The third kappa shape index (κ3) is 25.3. The Morgan fingerprint density at radius 2 is 0.947 bits per heavy atom. The molecule has 0 radical (unpaired) electrons. The van der Waals surface area contributed by atoms with Crippen LogP contribution in [0.5, 0.6) is 0 Å². The maximum atomic E-state index is 14.0. The van der Waals surface area contributed by atoms with Crippen LogP contribution in [0.25, 0.3) is 0 Å². The fourth-order valence-corrected chi connectivity index (χ4v) is 8.71. The summed E-state index contributed by atoms with van der Waals surface area (Å²) in [6, 6.07) is -2.71. The summed E-state index contributed by atoms with van der Waals surface area (Å²) in [4.78, 5) is 50.7. The summed E-state index contributed by atoms with van der Waals surface area (Å²) in [6.07, 6.45) is 24.5. The van der Waals surface area contributed by atoms with Crippen molar-refractivity contribution in [1.82, 2.24) is 10.6 Å². The molecule has 0 aliphatic carbocycles. The number of carboxylic acids is 2. The van der Waals surface area contributed by atoms with Crippen LogP contribution in [0.1, 0.15) is 201 Å². The molecule has 0 aromatic heterocycles. The number of aliphatic hydroxyl groups excluding tert-OH is 3. The van der Waals surface area contributed by atoms with E-state index < -0.39 is 66.2 Å². The van der Waals surface area contributed by atoms with E-state index in [4.69, 9.17) is 9.84 Å². The summed E-state index contributed by atoms with van der Waals surface area (Å²) in [5, 5.41) is 55.2. The first-order valence-electron chi connectivity index (χ1n) is 22.8. The highest BCUT2D eigenvalue weighted by atomic mass is 32.2. The highest BCUT2D eigenvalue weighted by Gasteiger charge is 2.42. The molecule has 7 N–H and O–H groups in total. The van der Waals surface area contributed by atoms with Gasteiger partial charge in [-0.25, -0.2) is 4.79 Å². The second kappa shape index (κ2) is 33.9. The first kappa shape index (κ1) is 53.1. The van der Waals surface area contributed by atoms with Crippen molar-refractivity contribution in [3.8, 4) is 0 Å². The maximum absolute atomic E-state index is 14.0. The van der Waals surface area contributed by atoms with E-state index in [0.29, 0.717) is 12.8 Å². The maximum Gasteiger partial charge on any atom is 0.326 e. The van der Waals surface area contributed by atoms with Crippen LogP contribution < -0.4 is 10.6 Å². The number of carboxylic acid groups (broad SMARTS) is 2. The molecule has 1 aliphatic heterocycles. The van der Waals surface area contributed by atoms with Gasteiger partial charge in [0, 0.05) is 18.1 Å². The van der Waals surface area contributed by atoms with E-state index in [-0.39, 0.29) is 24.0 Å². The van der Waals surface area contributed by atoms with Crippen LogP contribution in [0, 0.1) is 5.92 Å². The van der Waals surface area contributed by atoms with Gasteiger partial charge in [-0.3, -0.25) is 14.4 Å². The molecule has 1 heterocycles. The number of rotatable bonds is 37. The predicted octanol–water partition coefficient (Wildman–Crippen LogP) is 8.26. The summed E-state index contributed by atoms with van der Waals surface area (Å²) in [6.45, 7) is 6.02. The number of carbonyl (C=O) groups is 4. The van der Waals surface area contributed by atoms with E-state index >= 15 is 0 Å². The van der Waals surface area contributed by atoms with Crippen molar-refractivity contribution >= 4 is 35.5 Å². The van der Waals surface area contributed by atoms with Gasteiger partial charge >= 0.3 is 11.9 Å². The van der Waals surface area contributed by atoms with Crippen LogP contribution in [0.2, 0.25) is 0 Å². The fraction of sp³-hybridized carbons (Fsp3) is 0.909. The third-order valence-electron chi connectivity index (χ3n) is 11.3. The van der Waals surface area contributed by atoms with E-state index in [0.717, 1.165) is 50.3 Å². The molecular formula is C44H82N2O10S. The van der Waals surface area contributed by atoms with Crippen LogP contribution in [-0.4, -0.2) is 97.0 Å². The van der Waals surface area contributed by atoms with Crippen LogP contribution in [-0.2, 0) is 23.9 Å². The number of thioether (sulfide) groups is 1. The Morgan fingerprint density at radius 3 is 1.35 bits per heavy atom. The SMILES string of the molecule is CCCCCCCCCCCCCCC(CCCCCCCCCCCCCC)C(=O)N[C@@H](CS[C@@H]1O[C@@H](C)[C@@H](O)[C@@H](O)[C@@H]1O)C(=O)N[C@H](CCC(=O)O)C(=O)O. The van der Waals surface area contributed by atoms with Crippen LogP contribution >= 0.6 is 11.8 Å². The fourth-order valence-electron chi connectivity index (χ4n) is 7.48. The van der Waals surface area contributed by atoms with E-state index in [1.54, 1.807) is 6.92 Å². The third-order valence-corrected chi connectivity index (χ3v) is 12.6. The van der Waals surface area contributed by atoms with Gasteiger partial charge in [-0.15, -0.1) is 11.8 Å². The first-order valence-corrected chi connectivity index (χ1v) is 23.8. The van der Waals surface area contributed by atoms with Gasteiger partial charge in [-0.1, -0.05) is 168 Å². The number of unbranched alkanes of at least 4 members (excludes halogenated alkanes) is 22. The van der Waals surface area contributed by atoms with E-state index in [9.17, 15) is 39.6 Å². The van der Waals surface area contributed by atoms with Gasteiger partial charge in [0.1, 0.15) is 35.8 Å². The van der Waals surface area contributed by atoms with Crippen molar-refractivity contribution in [3.63, 3.8) is 0 Å². The quantitative estimate of drug-likeness (QED) is 0.0297. The lowest BCUT2D eigenvalue weighted by atomic mass is 9.93. The Hall–Kier alpha value is -1.93. The van der Waals surface area contributed by atoms with Gasteiger partial charge in [-0.2, -0.15) is 0 Å². The molecule has 1 aliphatic rings. The zero-order valence-corrected chi connectivity index (χ0v) is 36.6. The molecule has 0 saturated carbocycles. The Balaban J connectivity index is 2.89. The highest BCUT2D eigenvalue weighted by Crippen LogP contribution is 2.29. The summed E-state index contributed by atoms with van der Waals surface area (Å²) >= 11 is 0.973. The minimum Gasteiger partial charge on any atom is -0.481 e. The first-order chi connectivity index (χ1) is 27.4. The number of amides is 2. The molecule has 0 bridgehead atoms. The number of carbonyl (C=O) groups excluding carboxylic acids is 2. The average Bonchev–Trinajstić information content (AvgIpc) is 3.18. The molecular weight excluding hydrogens is 749 g/mol. The minimum absolute atomic E-state index is 0.121. The molecule has 57 heavy (non-hydrogen) atoms. The van der Waals surface area contributed by atoms with Crippen LogP contribution in [0.3, 0.4) is 0 Å². The molecule has 13 heteroatoms. The Morgan fingerprint density at radius 1 is 0.544 bits per heavy atom. The largest absolute Gasteiger partial charge is 0.481 e. The van der Waals surface area contributed by atoms with Gasteiger partial charge < -0.3 is 40.9 Å². The minimum atomic E-state index is -1.48. The number of hydrogen-bond acceptors (Lipinski definition) is 9. The van der Waals surface area contributed by atoms with Crippen molar-refractivity contribution in [2.45, 2.75) is 242 Å². The van der Waals surface area contributed by atoms with E-state index in [1.165, 1.54) is 116 Å². The topological polar surface area (TPSA) is 203 Å².